The number of fused-ring (bicyclic) bond motifs is 1. The molecule has 0 saturated carbocycles. The average Bonchev–Trinajstić information content (AvgIpc) is 2.78. The van der Waals surface area contributed by atoms with Gasteiger partial charge in [0.25, 0.3) is 0 Å². The van der Waals surface area contributed by atoms with E-state index in [1.54, 1.807) is 42.8 Å². The fourth-order valence-electron chi connectivity index (χ4n) is 4.65. The highest BCUT2D eigenvalue weighted by atomic mass is 35.5. The van der Waals surface area contributed by atoms with Crippen LogP contribution in [-0.2, 0) is 23.0 Å². The average molecular weight is 501 g/mol. The lowest BCUT2D eigenvalue weighted by Gasteiger charge is -2.37. The number of sulfonamides is 1. The number of methoxy groups -OCH3 is 2. The van der Waals surface area contributed by atoms with Gasteiger partial charge in [-0.3, -0.25) is 4.90 Å². The van der Waals surface area contributed by atoms with Crippen molar-refractivity contribution in [3.8, 4) is 11.5 Å². The van der Waals surface area contributed by atoms with E-state index in [0.29, 0.717) is 19.0 Å². The number of piperidine rings is 1. The second-order valence-electron chi connectivity index (χ2n) is 8.26. The van der Waals surface area contributed by atoms with Crippen LogP contribution in [0.15, 0.2) is 41.3 Å². The third-order valence-corrected chi connectivity index (χ3v) is 8.61. The maximum Gasteiger partial charge on any atom is 0.244 e. The van der Waals surface area contributed by atoms with Crippen molar-refractivity contribution in [1.82, 2.24) is 9.21 Å². The normalized spacial score (nSPS) is 19.7. The van der Waals surface area contributed by atoms with Gasteiger partial charge in [0.1, 0.15) is 4.90 Å². The van der Waals surface area contributed by atoms with Gasteiger partial charge in [-0.1, -0.05) is 23.7 Å². The summed E-state index contributed by atoms with van der Waals surface area (Å²) in [5.41, 5.74) is 2.54. The molecule has 2 heterocycles. The van der Waals surface area contributed by atoms with E-state index in [-0.39, 0.29) is 22.3 Å². The van der Waals surface area contributed by atoms with Crippen molar-refractivity contribution in [2.75, 3.05) is 40.4 Å². The molecule has 4 rings (SSSR count). The monoisotopic (exact) mass is 500 g/mol. The Kier molecular flexibility index (Phi) is 8.33. The highest BCUT2D eigenvalue weighted by Gasteiger charge is 2.32. The first-order valence-corrected chi connectivity index (χ1v) is 12.4. The van der Waals surface area contributed by atoms with Crippen LogP contribution in [0.3, 0.4) is 0 Å². The molecule has 0 N–H and O–H groups in total. The van der Waals surface area contributed by atoms with Gasteiger partial charge in [-0.15, -0.1) is 12.4 Å². The predicted molar refractivity (Wildman–Crippen MR) is 129 cm³/mol. The molecule has 9 heteroatoms. The maximum atomic E-state index is 13.1. The summed E-state index contributed by atoms with van der Waals surface area (Å²) < 4.78 is 38.8. The molecular weight excluding hydrogens is 471 g/mol. The van der Waals surface area contributed by atoms with Crippen molar-refractivity contribution in [2.45, 2.75) is 30.7 Å². The highest BCUT2D eigenvalue weighted by molar-refractivity contribution is 7.89. The van der Waals surface area contributed by atoms with Crippen LogP contribution >= 0.6 is 24.0 Å². The van der Waals surface area contributed by atoms with Crippen molar-refractivity contribution in [3.05, 3.63) is 52.5 Å². The van der Waals surface area contributed by atoms with Crippen LogP contribution in [0.2, 0.25) is 5.02 Å². The molecule has 1 saturated heterocycles. The molecule has 0 amide bonds. The lowest BCUT2D eigenvalue weighted by atomic mass is 9.95. The van der Waals surface area contributed by atoms with Gasteiger partial charge in [0.05, 0.1) is 19.2 Å². The molecule has 0 aliphatic carbocycles. The van der Waals surface area contributed by atoms with Crippen LogP contribution < -0.4 is 9.47 Å². The summed E-state index contributed by atoms with van der Waals surface area (Å²) in [6.07, 6.45) is 2.84. The summed E-state index contributed by atoms with van der Waals surface area (Å²) >= 11 is 6.18. The Morgan fingerprint density at radius 1 is 1.06 bits per heavy atom. The minimum absolute atomic E-state index is 0. The van der Waals surface area contributed by atoms with E-state index in [0.717, 1.165) is 50.4 Å². The Bertz CT molecular complexity index is 1050. The second kappa shape index (κ2) is 10.6. The number of halogens is 2. The van der Waals surface area contributed by atoms with Crippen LogP contribution in [0.4, 0.5) is 0 Å². The van der Waals surface area contributed by atoms with Crippen LogP contribution in [0.5, 0.6) is 11.5 Å². The van der Waals surface area contributed by atoms with Crippen molar-refractivity contribution in [3.63, 3.8) is 0 Å². The van der Waals surface area contributed by atoms with Gasteiger partial charge in [0.15, 0.2) is 11.5 Å². The first kappa shape index (κ1) is 25.1. The fraction of sp³-hybridized carbons (Fsp3) is 0.478. The molecule has 2 aromatic rings. The minimum Gasteiger partial charge on any atom is -0.493 e. The van der Waals surface area contributed by atoms with E-state index in [9.17, 15) is 8.42 Å². The van der Waals surface area contributed by atoms with Crippen molar-refractivity contribution in [1.29, 1.82) is 0 Å². The molecule has 2 aliphatic rings. The lowest BCUT2D eigenvalue weighted by molar-refractivity contribution is 0.167. The molecule has 176 valence electrons. The standard InChI is InChI=1S/C23H29ClN2O4S.ClH/c1-29-21-12-18-9-11-25(16-19(18)13-22(21)30-2)14-17-6-5-10-26(15-17)31(27,28)23-8-4-3-7-20(23)24;/h3-4,7-8,12-13,17H,5-6,9-11,14-16H2,1-2H3;1H. The summed E-state index contributed by atoms with van der Waals surface area (Å²) in [5.74, 6) is 1.81. The quantitative estimate of drug-likeness (QED) is 0.593. The number of nitrogens with zero attached hydrogens (tertiary/aromatic N) is 2. The number of ether oxygens (including phenoxy) is 2. The van der Waals surface area contributed by atoms with Crippen molar-refractivity contribution >= 4 is 34.0 Å². The third-order valence-electron chi connectivity index (χ3n) is 6.25. The molecular formula is C23H30Cl2N2O4S. The Hall–Kier alpha value is -1.51. The SMILES string of the molecule is COc1cc2c(cc1OC)CN(CC1CCCN(S(=O)(=O)c3ccccc3Cl)C1)CC2.Cl. The lowest BCUT2D eigenvalue weighted by Crippen LogP contribution is -2.44. The summed E-state index contributed by atoms with van der Waals surface area (Å²) in [6.45, 7) is 3.74. The smallest absolute Gasteiger partial charge is 0.244 e. The maximum absolute atomic E-state index is 13.1. The van der Waals surface area contributed by atoms with Crippen molar-refractivity contribution in [2.24, 2.45) is 5.92 Å². The van der Waals surface area contributed by atoms with Crippen LogP contribution in [0.25, 0.3) is 0 Å². The van der Waals surface area contributed by atoms with E-state index >= 15 is 0 Å². The number of rotatable bonds is 6. The number of benzene rings is 2. The zero-order valence-corrected chi connectivity index (χ0v) is 20.8. The number of hydrogen-bond donors (Lipinski definition) is 0. The molecule has 1 atom stereocenters. The molecule has 1 unspecified atom stereocenters. The van der Waals surface area contributed by atoms with Gasteiger partial charge in [-0.05, 0) is 60.6 Å². The largest absolute Gasteiger partial charge is 0.493 e. The second-order valence-corrected chi connectivity index (χ2v) is 10.6. The van der Waals surface area contributed by atoms with Crippen molar-refractivity contribution < 1.29 is 17.9 Å². The molecule has 0 aromatic heterocycles. The van der Waals surface area contributed by atoms with Gasteiger partial charge >= 0.3 is 0 Å². The van der Waals surface area contributed by atoms with E-state index in [1.807, 2.05) is 0 Å². The van der Waals surface area contributed by atoms with E-state index in [4.69, 9.17) is 21.1 Å². The van der Waals surface area contributed by atoms with Crippen LogP contribution in [0, 0.1) is 5.92 Å². The van der Waals surface area contributed by atoms with Gasteiger partial charge in [0.2, 0.25) is 10.0 Å². The van der Waals surface area contributed by atoms with E-state index in [1.165, 1.54) is 11.1 Å². The van der Waals surface area contributed by atoms with E-state index < -0.39 is 10.0 Å². The predicted octanol–water partition coefficient (Wildman–Crippen LogP) is 4.24. The molecule has 0 radical (unpaired) electrons. The first-order valence-electron chi connectivity index (χ1n) is 10.6. The Labute approximate surface area is 201 Å². The Morgan fingerprint density at radius 3 is 2.44 bits per heavy atom. The summed E-state index contributed by atoms with van der Waals surface area (Å²) in [5, 5.41) is 0.279. The Morgan fingerprint density at radius 2 is 1.75 bits per heavy atom. The topological polar surface area (TPSA) is 59.1 Å². The molecule has 2 aromatic carbocycles. The summed E-state index contributed by atoms with van der Waals surface area (Å²) in [6, 6.07) is 10.8. The molecule has 1 fully saturated rings. The molecule has 2 aliphatic heterocycles. The summed E-state index contributed by atoms with van der Waals surface area (Å²) in [7, 11) is -0.268. The number of hydrogen-bond acceptors (Lipinski definition) is 5. The fourth-order valence-corrected chi connectivity index (χ4v) is 6.70. The van der Waals surface area contributed by atoms with Gasteiger partial charge in [0, 0.05) is 32.7 Å². The molecule has 0 bridgehead atoms. The van der Waals surface area contributed by atoms with Gasteiger partial charge < -0.3 is 9.47 Å². The zero-order chi connectivity index (χ0) is 22.0. The van der Waals surface area contributed by atoms with Crippen LogP contribution in [0.1, 0.15) is 24.0 Å². The van der Waals surface area contributed by atoms with E-state index in [2.05, 4.69) is 17.0 Å². The molecule has 0 spiro atoms. The highest BCUT2D eigenvalue weighted by Crippen LogP contribution is 2.34. The Balaban J connectivity index is 0.00000289. The zero-order valence-electron chi connectivity index (χ0n) is 18.4. The molecule has 6 nitrogen and oxygen atoms in total. The van der Waals surface area contributed by atoms with Crippen LogP contribution in [-0.4, -0.2) is 58.0 Å². The first-order chi connectivity index (χ1) is 14.9. The van der Waals surface area contributed by atoms with Gasteiger partial charge in [-0.25, -0.2) is 8.42 Å². The third kappa shape index (κ3) is 5.18. The van der Waals surface area contributed by atoms with Gasteiger partial charge in [-0.2, -0.15) is 4.31 Å². The minimum atomic E-state index is -3.58. The summed E-state index contributed by atoms with van der Waals surface area (Å²) in [4.78, 5) is 2.62. The molecule has 32 heavy (non-hydrogen) atoms.